The predicted octanol–water partition coefficient (Wildman–Crippen LogP) is 2.63. The van der Waals surface area contributed by atoms with E-state index in [1.807, 2.05) is 6.92 Å². The number of benzene rings is 1. The number of nitrogens with two attached hydrogens (primary N) is 1. The van der Waals surface area contributed by atoms with Gasteiger partial charge in [0, 0.05) is 13.2 Å². The Morgan fingerprint density at radius 3 is 2.37 bits per heavy atom. The van der Waals surface area contributed by atoms with Gasteiger partial charge in [0.1, 0.15) is 5.75 Å². The second-order valence-electron chi connectivity index (χ2n) is 5.02. The van der Waals surface area contributed by atoms with Crippen LogP contribution in [0, 0.1) is 13.8 Å². The molecule has 1 rings (SSSR count). The summed E-state index contributed by atoms with van der Waals surface area (Å²) in [6.07, 6.45) is 2.16. The van der Waals surface area contributed by atoms with Gasteiger partial charge in [-0.05, 0) is 56.4 Å². The van der Waals surface area contributed by atoms with Gasteiger partial charge in [0.25, 0.3) is 0 Å². The third kappa shape index (κ3) is 4.20. The molecule has 0 spiro atoms. The van der Waals surface area contributed by atoms with Gasteiger partial charge in [0.2, 0.25) is 0 Å². The van der Waals surface area contributed by atoms with Gasteiger partial charge in [-0.25, -0.2) is 0 Å². The SMILES string of the molecule is COc1cc(C)c(C(CCC(C)OC)NN)cc1C. The maximum Gasteiger partial charge on any atom is 0.122 e. The Hall–Kier alpha value is -1.10. The smallest absolute Gasteiger partial charge is 0.122 e. The molecule has 108 valence electrons. The molecule has 0 radical (unpaired) electrons. The normalized spacial score (nSPS) is 14.2. The first-order chi connectivity index (χ1) is 9.03. The Morgan fingerprint density at radius 1 is 1.16 bits per heavy atom. The van der Waals surface area contributed by atoms with Crippen molar-refractivity contribution >= 4 is 0 Å². The molecule has 0 aliphatic carbocycles. The van der Waals surface area contributed by atoms with Crippen molar-refractivity contribution in [1.29, 1.82) is 0 Å². The third-order valence-electron chi connectivity index (χ3n) is 3.62. The largest absolute Gasteiger partial charge is 0.496 e. The highest BCUT2D eigenvalue weighted by molar-refractivity contribution is 5.42. The van der Waals surface area contributed by atoms with Crippen LogP contribution in [0.1, 0.15) is 42.5 Å². The Labute approximate surface area is 116 Å². The fourth-order valence-corrected chi connectivity index (χ4v) is 2.26. The minimum absolute atomic E-state index is 0.141. The van der Waals surface area contributed by atoms with E-state index in [1.54, 1.807) is 14.2 Å². The van der Waals surface area contributed by atoms with Gasteiger partial charge in [-0.1, -0.05) is 6.07 Å². The minimum atomic E-state index is 0.141. The zero-order valence-electron chi connectivity index (χ0n) is 12.6. The summed E-state index contributed by atoms with van der Waals surface area (Å²) in [6, 6.07) is 4.35. The molecule has 0 amide bonds. The molecule has 0 aliphatic heterocycles. The molecule has 2 atom stereocenters. The van der Waals surface area contributed by atoms with Crippen LogP contribution in [0.5, 0.6) is 5.75 Å². The second kappa shape index (κ2) is 7.48. The molecule has 1 aromatic rings. The van der Waals surface area contributed by atoms with Gasteiger partial charge in [-0.3, -0.25) is 11.3 Å². The molecule has 3 N–H and O–H groups in total. The zero-order chi connectivity index (χ0) is 14.4. The molecule has 0 fully saturated rings. The van der Waals surface area contributed by atoms with E-state index >= 15 is 0 Å². The van der Waals surface area contributed by atoms with Crippen LogP contribution in [0.4, 0.5) is 0 Å². The van der Waals surface area contributed by atoms with Crippen LogP contribution in [-0.4, -0.2) is 20.3 Å². The lowest BCUT2D eigenvalue weighted by Gasteiger charge is -2.21. The Kier molecular flexibility index (Phi) is 6.28. The summed E-state index contributed by atoms with van der Waals surface area (Å²) < 4.78 is 10.6. The Balaban J connectivity index is 2.89. The lowest BCUT2D eigenvalue weighted by atomic mass is 9.95. The molecule has 0 heterocycles. The van der Waals surface area contributed by atoms with Crippen LogP contribution in [0.15, 0.2) is 12.1 Å². The number of hydrogen-bond donors (Lipinski definition) is 2. The predicted molar refractivity (Wildman–Crippen MR) is 78.2 cm³/mol. The number of ether oxygens (including phenoxy) is 2. The summed E-state index contributed by atoms with van der Waals surface area (Å²) in [7, 11) is 3.43. The summed E-state index contributed by atoms with van der Waals surface area (Å²) in [4.78, 5) is 0. The van der Waals surface area contributed by atoms with E-state index < -0.39 is 0 Å². The fourth-order valence-electron chi connectivity index (χ4n) is 2.26. The molecule has 0 bridgehead atoms. The van der Waals surface area contributed by atoms with E-state index in [0.29, 0.717) is 0 Å². The van der Waals surface area contributed by atoms with Gasteiger partial charge in [-0.2, -0.15) is 0 Å². The molecule has 0 saturated heterocycles. The van der Waals surface area contributed by atoms with E-state index in [9.17, 15) is 0 Å². The summed E-state index contributed by atoms with van der Waals surface area (Å²) >= 11 is 0. The highest BCUT2D eigenvalue weighted by Gasteiger charge is 2.15. The van der Waals surface area contributed by atoms with Crippen molar-refractivity contribution in [3.63, 3.8) is 0 Å². The van der Waals surface area contributed by atoms with Crippen LogP contribution in [0.25, 0.3) is 0 Å². The molecule has 0 aromatic heterocycles. The average Bonchev–Trinajstić information content (AvgIpc) is 2.42. The van der Waals surface area contributed by atoms with E-state index in [2.05, 4.69) is 31.4 Å². The quantitative estimate of drug-likeness (QED) is 0.588. The van der Waals surface area contributed by atoms with Crippen molar-refractivity contribution in [3.8, 4) is 5.75 Å². The first-order valence-corrected chi connectivity index (χ1v) is 6.67. The summed E-state index contributed by atoms with van der Waals surface area (Å²) in [5.41, 5.74) is 6.45. The number of aryl methyl sites for hydroxylation is 2. The van der Waals surface area contributed by atoms with Crippen LogP contribution in [0.2, 0.25) is 0 Å². The standard InChI is InChI=1S/C15H26N2O2/c1-10-9-15(19-5)11(2)8-13(10)14(17-16)7-6-12(3)18-4/h8-9,12,14,17H,6-7,16H2,1-5H3. The first-order valence-electron chi connectivity index (χ1n) is 6.67. The minimum Gasteiger partial charge on any atom is -0.496 e. The monoisotopic (exact) mass is 266 g/mol. The van der Waals surface area contributed by atoms with Crippen LogP contribution in [-0.2, 0) is 4.74 Å². The van der Waals surface area contributed by atoms with Gasteiger partial charge >= 0.3 is 0 Å². The van der Waals surface area contributed by atoms with Gasteiger partial charge in [0.15, 0.2) is 0 Å². The van der Waals surface area contributed by atoms with Crippen molar-refractivity contribution in [2.45, 2.75) is 45.8 Å². The number of nitrogens with one attached hydrogen (secondary N) is 1. The maximum atomic E-state index is 5.70. The van der Waals surface area contributed by atoms with Crippen LogP contribution < -0.4 is 16.0 Å². The van der Waals surface area contributed by atoms with Gasteiger partial charge < -0.3 is 9.47 Å². The summed E-state index contributed by atoms with van der Waals surface area (Å²) in [6.45, 7) is 6.20. The van der Waals surface area contributed by atoms with E-state index in [4.69, 9.17) is 15.3 Å². The van der Waals surface area contributed by atoms with Crippen molar-refractivity contribution in [2.75, 3.05) is 14.2 Å². The molecular weight excluding hydrogens is 240 g/mol. The van der Waals surface area contributed by atoms with Gasteiger partial charge in [-0.15, -0.1) is 0 Å². The topological polar surface area (TPSA) is 56.5 Å². The second-order valence-corrected chi connectivity index (χ2v) is 5.02. The van der Waals surface area contributed by atoms with Crippen molar-refractivity contribution in [1.82, 2.24) is 5.43 Å². The summed E-state index contributed by atoms with van der Waals surface area (Å²) in [5, 5.41) is 0. The maximum absolute atomic E-state index is 5.70. The lowest BCUT2D eigenvalue weighted by molar-refractivity contribution is 0.106. The van der Waals surface area contributed by atoms with Crippen LogP contribution >= 0.6 is 0 Å². The van der Waals surface area contributed by atoms with Crippen molar-refractivity contribution in [3.05, 3.63) is 28.8 Å². The first kappa shape index (κ1) is 16.0. The third-order valence-corrected chi connectivity index (χ3v) is 3.62. The average molecular weight is 266 g/mol. The molecule has 4 nitrogen and oxygen atoms in total. The summed E-state index contributed by atoms with van der Waals surface area (Å²) in [5.74, 6) is 6.62. The van der Waals surface area contributed by atoms with Gasteiger partial charge in [0.05, 0.1) is 13.2 Å². The number of hydrogen-bond acceptors (Lipinski definition) is 4. The van der Waals surface area contributed by atoms with Crippen LogP contribution in [0.3, 0.4) is 0 Å². The molecular formula is C15H26N2O2. The fraction of sp³-hybridized carbons (Fsp3) is 0.600. The van der Waals surface area contributed by atoms with E-state index in [0.717, 1.165) is 24.2 Å². The van der Waals surface area contributed by atoms with Crippen molar-refractivity contribution < 1.29 is 9.47 Å². The highest BCUT2D eigenvalue weighted by Crippen LogP contribution is 2.28. The molecule has 4 heteroatoms. The lowest BCUT2D eigenvalue weighted by Crippen LogP contribution is -2.29. The molecule has 2 unspecified atom stereocenters. The van der Waals surface area contributed by atoms with Crippen molar-refractivity contribution in [2.24, 2.45) is 5.84 Å². The highest BCUT2D eigenvalue weighted by atomic mass is 16.5. The number of methoxy groups -OCH3 is 2. The number of hydrazine groups is 1. The zero-order valence-corrected chi connectivity index (χ0v) is 12.6. The molecule has 0 saturated carbocycles. The molecule has 0 aliphatic rings. The van der Waals surface area contributed by atoms with E-state index in [1.165, 1.54) is 11.1 Å². The van der Waals surface area contributed by atoms with E-state index in [-0.39, 0.29) is 12.1 Å². The molecule has 1 aromatic carbocycles. The number of rotatable bonds is 7. The molecule has 19 heavy (non-hydrogen) atoms. The Bertz CT molecular complexity index is 407. The Morgan fingerprint density at radius 2 is 1.84 bits per heavy atom.